The van der Waals surface area contributed by atoms with E-state index in [4.69, 9.17) is 27.8 Å². The summed E-state index contributed by atoms with van der Waals surface area (Å²) in [6.07, 6.45) is -2.38. The Morgan fingerprint density at radius 2 is 1.64 bits per heavy atom. The number of H-pyrrole nitrogens is 2. The van der Waals surface area contributed by atoms with Crippen LogP contribution in [0.3, 0.4) is 0 Å². The van der Waals surface area contributed by atoms with E-state index in [0.717, 1.165) is 0 Å². The normalized spacial score (nSPS) is 36.5. The smallest absolute Gasteiger partial charge is 0.267 e. The number of fused-ring (bicyclic) bond motifs is 3. The van der Waals surface area contributed by atoms with Crippen molar-refractivity contribution in [2.45, 2.75) is 35.3 Å². The number of aliphatic imine (C=N–C) groups is 1. The Hall–Kier alpha value is -1.22. The van der Waals surface area contributed by atoms with E-state index in [0.29, 0.717) is 29.5 Å². The number of carbonyl (C=O) groups excluding carboxylic acids is 2. The summed E-state index contributed by atoms with van der Waals surface area (Å²) in [5.41, 5.74) is 10.5. The van der Waals surface area contributed by atoms with Crippen LogP contribution in [0.1, 0.15) is 21.0 Å². The summed E-state index contributed by atoms with van der Waals surface area (Å²) in [5, 5.41) is 23.7. The van der Waals surface area contributed by atoms with Gasteiger partial charge in [-0.1, -0.05) is 0 Å². The molecule has 2 amide bonds. The fourth-order valence-corrected chi connectivity index (χ4v) is 9.10. The number of carbonyl (C=O) groups is 2. The molecule has 1 spiro atoms. The Morgan fingerprint density at radius 1 is 1.10 bits per heavy atom. The van der Waals surface area contributed by atoms with Crippen LogP contribution in [0.5, 0.6) is 0 Å². The van der Waals surface area contributed by atoms with Crippen LogP contribution in [0, 0.1) is 17.8 Å². The van der Waals surface area contributed by atoms with Crippen LogP contribution < -0.4 is 32.7 Å². The number of hydrogen-bond donors (Lipinski definition) is 9. The molecule has 0 radical (unpaired) electrons. The third-order valence-electron chi connectivity index (χ3n) is 8.64. The highest BCUT2D eigenvalue weighted by Crippen LogP contribution is 2.63. The lowest BCUT2D eigenvalue weighted by atomic mass is 9.77. The van der Waals surface area contributed by atoms with Crippen LogP contribution >= 0.6 is 75.3 Å². The summed E-state index contributed by atoms with van der Waals surface area (Å²) in [7, 11) is 1.50. The van der Waals surface area contributed by atoms with Gasteiger partial charge >= 0.3 is 0 Å². The van der Waals surface area contributed by atoms with Gasteiger partial charge in [0.25, 0.3) is 11.8 Å². The van der Waals surface area contributed by atoms with Gasteiger partial charge < -0.3 is 46.8 Å². The maximum absolute atomic E-state index is 13.2. The second-order valence-corrected chi connectivity index (χ2v) is 14.4. The average Bonchev–Trinajstić information content (AvgIpc) is 3.71. The van der Waals surface area contributed by atoms with Gasteiger partial charge in [0.15, 0.2) is 17.9 Å². The molecule has 2 saturated heterocycles. The SMILES string of the molecule is CO[C@H]1N=C(N)N2[C@@H]3NC(N)N[C@]3(O)[C@@H]3[C@@H](CNC(=O)c4cc(Br)c(Br)[nH]4)[C@H](CNC(=O)c4cc(Br)c(Br)[nH]4)[C@@H](Cl)[C@@]132. The summed E-state index contributed by atoms with van der Waals surface area (Å²) < 4.78 is 8.47. The highest BCUT2D eigenvalue weighted by molar-refractivity contribution is 9.13. The zero-order chi connectivity index (χ0) is 30.3. The van der Waals surface area contributed by atoms with Crippen molar-refractivity contribution >= 4 is 93.1 Å². The number of alkyl halides is 1. The van der Waals surface area contributed by atoms with Crippen molar-refractivity contribution in [1.82, 2.24) is 36.1 Å². The van der Waals surface area contributed by atoms with Crippen LogP contribution in [-0.2, 0) is 4.74 Å². The van der Waals surface area contributed by atoms with Gasteiger partial charge in [-0.05, 0) is 81.8 Å². The summed E-state index contributed by atoms with van der Waals surface area (Å²) >= 11 is 20.8. The number of hydrogen-bond acceptors (Lipinski definition) is 10. The van der Waals surface area contributed by atoms with Crippen molar-refractivity contribution in [1.29, 1.82) is 0 Å². The molecule has 5 heterocycles. The fourth-order valence-electron chi connectivity index (χ4n) is 7.16. The van der Waals surface area contributed by atoms with Crippen LogP contribution in [0.15, 0.2) is 35.3 Å². The highest BCUT2D eigenvalue weighted by atomic mass is 79.9. The Morgan fingerprint density at radius 3 is 2.14 bits per heavy atom. The molecule has 0 aromatic carbocycles. The molecule has 1 aliphatic carbocycles. The molecule has 42 heavy (non-hydrogen) atoms. The average molecular weight is 863 g/mol. The van der Waals surface area contributed by atoms with Crippen LogP contribution in [0.4, 0.5) is 0 Å². The zero-order valence-corrected chi connectivity index (χ0v) is 28.8. The number of guanidine groups is 1. The Kier molecular flexibility index (Phi) is 8.06. The minimum absolute atomic E-state index is 0.0962. The van der Waals surface area contributed by atoms with Gasteiger partial charge in [-0.2, -0.15) is 0 Å². The summed E-state index contributed by atoms with van der Waals surface area (Å²) in [4.78, 5) is 38.6. The number of rotatable bonds is 7. The van der Waals surface area contributed by atoms with E-state index in [1.807, 2.05) is 0 Å². The van der Waals surface area contributed by atoms with Crippen molar-refractivity contribution < 1.29 is 19.4 Å². The van der Waals surface area contributed by atoms with Crippen LogP contribution in [0.2, 0.25) is 0 Å². The molecule has 0 bridgehead atoms. The lowest BCUT2D eigenvalue weighted by Gasteiger charge is -2.41. The van der Waals surface area contributed by atoms with Crippen LogP contribution in [-0.4, -0.2) is 93.3 Å². The molecule has 19 heteroatoms. The largest absolute Gasteiger partial charge is 0.372 e. The molecule has 2 aromatic heterocycles. The minimum atomic E-state index is -1.63. The third-order valence-corrected chi connectivity index (χ3v) is 12.9. The molecule has 6 rings (SSSR count). The molecular formula is C23H27Br4ClN10O4. The number of nitrogens with two attached hydrogens (primary N) is 2. The van der Waals surface area contributed by atoms with E-state index in [-0.39, 0.29) is 30.9 Å². The Bertz CT molecular complexity index is 1440. The molecule has 2 aromatic rings. The van der Waals surface area contributed by atoms with E-state index in [2.05, 4.69) is 99.9 Å². The summed E-state index contributed by atoms with van der Waals surface area (Å²) in [6, 6.07) is 3.31. The number of methoxy groups -OCH3 is 1. The molecule has 1 unspecified atom stereocenters. The molecular weight excluding hydrogens is 835 g/mol. The standard InChI is InChI=1S/C23H27Br4ClN10O4/c1-42-19-22-12(23(41)18(35-20(29)37-23)38(22)21(30)36-19)6(4-31-16(39)10-2-8(24)14(26)33-10)7(13(22)28)5-32-17(40)11-3-9(25)15(27)34-11/h2-3,6-7,12-13,18-20,33-35,37,41H,4-5,29H2,1H3,(H2,30,36)(H,31,39)(H,32,40)/t6-,7-,12+,13+,18-,19+,20?,22+,23-/m0/s1. The lowest BCUT2D eigenvalue weighted by molar-refractivity contribution is -0.0682. The van der Waals surface area contributed by atoms with E-state index < -0.39 is 53.1 Å². The van der Waals surface area contributed by atoms with Gasteiger partial charge in [-0.25, -0.2) is 4.99 Å². The number of nitrogens with zero attached hydrogens (tertiary/aromatic N) is 2. The fraction of sp³-hybridized carbons (Fsp3) is 0.522. The molecule has 3 aliphatic heterocycles. The van der Waals surface area contributed by atoms with E-state index in [9.17, 15) is 14.7 Å². The van der Waals surface area contributed by atoms with Gasteiger partial charge in [-0.15, -0.1) is 11.6 Å². The molecule has 228 valence electrons. The number of aromatic nitrogens is 2. The number of nitrogens with one attached hydrogen (secondary N) is 6. The van der Waals surface area contributed by atoms with Crippen molar-refractivity contribution in [3.05, 3.63) is 41.7 Å². The van der Waals surface area contributed by atoms with Crippen LogP contribution in [0.25, 0.3) is 0 Å². The molecule has 9 atom stereocenters. The molecule has 11 N–H and O–H groups in total. The number of halogens is 5. The van der Waals surface area contributed by atoms with Crippen molar-refractivity contribution in [2.24, 2.45) is 34.2 Å². The van der Waals surface area contributed by atoms with Gasteiger partial charge in [0.2, 0.25) is 0 Å². The van der Waals surface area contributed by atoms with E-state index in [1.165, 1.54) is 7.11 Å². The monoisotopic (exact) mass is 858 g/mol. The van der Waals surface area contributed by atoms with Crippen molar-refractivity contribution in [3.63, 3.8) is 0 Å². The quantitative estimate of drug-likeness (QED) is 0.180. The maximum atomic E-state index is 13.2. The second kappa shape index (κ2) is 11.0. The molecule has 1 saturated carbocycles. The van der Waals surface area contributed by atoms with E-state index >= 15 is 0 Å². The number of aromatic amines is 2. The molecule has 14 nitrogen and oxygen atoms in total. The van der Waals surface area contributed by atoms with Gasteiger partial charge in [-0.3, -0.25) is 20.2 Å². The molecule has 4 aliphatic rings. The van der Waals surface area contributed by atoms with Gasteiger partial charge in [0, 0.05) is 32.0 Å². The summed E-state index contributed by atoms with van der Waals surface area (Å²) in [5.74, 6) is -2.27. The first-order valence-electron chi connectivity index (χ1n) is 12.8. The highest BCUT2D eigenvalue weighted by Gasteiger charge is 2.82. The summed E-state index contributed by atoms with van der Waals surface area (Å²) in [6.45, 7) is 0.211. The molecule has 3 fully saturated rings. The van der Waals surface area contributed by atoms with Crippen molar-refractivity contribution in [3.8, 4) is 0 Å². The zero-order valence-electron chi connectivity index (χ0n) is 21.7. The Labute approximate surface area is 278 Å². The second-order valence-electron chi connectivity index (χ2n) is 10.7. The first-order valence-corrected chi connectivity index (χ1v) is 16.4. The van der Waals surface area contributed by atoms with Gasteiger partial charge in [0.05, 0.1) is 23.5 Å². The third kappa shape index (κ3) is 4.43. The first kappa shape index (κ1) is 30.8. The predicted octanol–water partition coefficient (Wildman–Crippen LogP) is 0.827. The number of ether oxygens (including phenoxy) is 1. The first-order chi connectivity index (χ1) is 19.8. The Balaban J connectivity index is 1.36. The predicted molar refractivity (Wildman–Crippen MR) is 167 cm³/mol. The van der Waals surface area contributed by atoms with Gasteiger partial charge in [0.1, 0.15) is 29.4 Å². The van der Waals surface area contributed by atoms with Crippen molar-refractivity contribution in [2.75, 3.05) is 20.2 Å². The topological polar surface area (TPSA) is 211 Å². The lowest BCUT2D eigenvalue weighted by Crippen LogP contribution is -2.63. The van der Waals surface area contributed by atoms with E-state index in [1.54, 1.807) is 17.0 Å². The number of amides is 2. The maximum Gasteiger partial charge on any atom is 0.267 e. The number of aliphatic hydroxyl groups is 1. The minimum Gasteiger partial charge on any atom is -0.372 e.